The minimum atomic E-state index is -3.24. The Morgan fingerprint density at radius 1 is 1.09 bits per heavy atom. The number of sulfone groups is 1. The van der Waals surface area contributed by atoms with Crippen molar-refractivity contribution in [3.63, 3.8) is 0 Å². The molecule has 0 spiro atoms. The Balaban J connectivity index is 1.65. The fourth-order valence-electron chi connectivity index (χ4n) is 2.23. The molecule has 23 heavy (non-hydrogen) atoms. The van der Waals surface area contributed by atoms with Crippen LogP contribution in [0.25, 0.3) is 0 Å². The maximum Gasteiger partial charge on any atom is 0.231 e. The third-order valence-corrected chi connectivity index (χ3v) is 4.50. The molecule has 0 saturated heterocycles. The third kappa shape index (κ3) is 3.62. The third-order valence-electron chi connectivity index (χ3n) is 3.37. The van der Waals surface area contributed by atoms with E-state index in [1.54, 1.807) is 30.3 Å². The highest BCUT2D eigenvalue weighted by Crippen LogP contribution is 2.32. The lowest BCUT2D eigenvalue weighted by molar-refractivity contribution is -0.115. The molecule has 6 nitrogen and oxygen atoms in total. The van der Waals surface area contributed by atoms with Crippen LogP contribution < -0.4 is 14.8 Å². The van der Waals surface area contributed by atoms with E-state index >= 15 is 0 Å². The predicted molar refractivity (Wildman–Crippen MR) is 84.5 cm³/mol. The number of fused-ring (bicyclic) bond motifs is 1. The molecule has 2 aromatic rings. The van der Waals surface area contributed by atoms with E-state index in [0.29, 0.717) is 17.2 Å². The Hall–Kier alpha value is -2.54. The van der Waals surface area contributed by atoms with E-state index in [0.717, 1.165) is 11.8 Å². The molecule has 0 fully saturated rings. The van der Waals surface area contributed by atoms with Crippen molar-refractivity contribution in [2.45, 2.75) is 11.3 Å². The molecule has 0 unspecified atom stereocenters. The normalized spacial score (nSPS) is 12.9. The lowest BCUT2D eigenvalue weighted by Gasteiger charge is -2.07. The number of carbonyl (C=O) groups is 1. The largest absolute Gasteiger partial charge is 0.454 e. The summed E-state index contributed by atoms with van der Waals surface area (Å²) in [7, 11) is -3.24. The van der Waals surface area contributed by atoms with Gasteiger partial charge in [0.1, 0.15) is 0 Å². The number of benzene rings is 2. The van der Waals surface area contributed by atoms with Gasteiger partial charge in [-0.1, -0.05) is 6.07 Å². The standard InChI is InChI=1S/C16H15NO5S/c1-23(19,20)13-5-3-12(4-6-13)17-16(18)9-11-2-7-14-15(8-11)22-10-21-14/h2-8H,9-10H2,1H3,(H,17,18). The van der Waals surface area contributed by atoms with Crippen molar-refractivity contribution in [2.24, 2.45) is 0 Å². The number of amides is 1. The summed E-state index contributed by atoms with van der Waals surface area (Å²) in [4.78, 5) is 12.3. The molecule has 1 aliphatic heterocycles. The first kappa shape index (κ1) is 15.4. The number of anilines is 1. The summed E-state index contributed by atoms with van der Waals surface area (Å²) in [6.45, 7) is 0.192. The van der Waals surface area contributed by atoms with Gasteiger partial charge in [-0.3, -0.25) is 4.79 Å². The van der Waals surface area contributed by atoms with Gasteiger partial charge < -0.3 is 14.8 Å². The average molecular weight is 333 g/mol. The minimum absolute atomic E-state index is 0.185. The topological polar surface area (TPSA) is 81.7 Å². The van der Waals surface area contributed by atoms with Crippen LogP contribution in [0, 0.1) is 0 Å². The van der Waals surface area contributed by atoms with Crippen molar-refractivity contribution in [3.05, 3.63) is 48.0 Å². The van der Waals surface area contributed by atoms with Gasteiger partial charge in [0, 0.05) is 11.9 Å². The molecule has 0 radical (unpaired) electrons. The molecule has 2 aromatic carbocycles. The Bertz CT molecular complexity index is 843. The molecule has 1 N–H and O–H groups in total. The lowest BCUT2D eigenvalue weighted by Crippen LogP contribution is -2.14. The molecule has 3 rings (SSSR count). The molecule has 0 bridgehead atoms. The van der Waals surface area contributed by atoms with Gasteiger partial charge in [0.05, 0.1) is 11.3 Å². The number of ether oxygens (including phenoxy) is 2. The maximum atomic E-state index is 12.1. The van der Waals surface area contributed by atoms with E-state index in [4.69, 9.17) is 9.47 Å². The van der Waals surface area contributed by atoms with Gasteiger partial charge in [-0.2, -0.15) is 0 Å². The van der Waals surface area contributed by atoms with Gasteiger partial charge >= 0.3 is 0 Å². The highest BCUT2D eigenvalue weighted by molar-refractivity contribution is 7.90. The number of hydrogen-bond acceptors (Lipinski definition) is 5. The van der Waals surface area contributed by atoms with Crippen LogP contribution in [0.3, 0.4) is 0 Å². The zero-order chi connectivity index (χ0) is 16.4. The van der Waals surface area contributed by atoms with Crippen LogP contribution >= 0.6 is 0 Å². The van der Waals surface area contributed by atoms with E-state index < -0.39 is 9.84 Å². The highest BCUT2D eigenvalue weighted by Gasteiger charge is 2.14. The van der Waals surface area contributed by atoms with E-state index in [1.807, 2.05) is 0 Å². The molecular weight excluding hydrogens is 318 g/mol. The van der Waals surface area contributed by atoms with Gasteiger partial charge in [0.15, 0.2) is 21.3 Å². The summed E-state index contributed by atoms with van der Waals surface area (Å²) in [5.74, 6) is 1.11. The fourth-order valence-corrected chi connectivity index (χ4v) is 2.86. The van der Waals surface area contributed by atoms with Gasteiger partial charge in [-0.25, -0.2) is 8.42 Å². The summed E-state index contributed by atoms with van der Waals surface area (Å²) in [6.07, 6.45) is 1.32. The van der Waals surface area contributed by atoms with Gasteiger partial charge in [0.25, 0.3) is 0 Å². The molecule has 1 heterocycles. The molecule has 1 amide bonds. The van der Waals surface area contributed by atoms with Crippen LogP contribution in [-0.2, 0) is 21.1 Å². The van der Waals surface area contributed by atoms with Crippen LogP contribution in [-0.4, -0.2) is 27.4 Å². The van der Waals surface area contributed by atoms with Crippen molar-refractivity contribution in [1.29, 1.82) is 0 Å². The maximum absolute atomic E-state index is 12.1. The van der Waals surface area contributed by atoms with Crippen LogP contribution in [0.5, 0.6) is 11.5 Å². The van der Waals surface area contributed by atoms with Gasteiger partial charge in [-0.05, 0) is 42.0 Å². The van der Waals surface area contributed by atoms with E-state index in [9.17, 15) is 13.2 Å². The Morgan fingerprint density at radius 2 is 1.78 bits per heavy atom. The molecule has 1 aliphatic rings. The molecule has 0 aromatic heterocycles. The van der Waals surface area contributed by atoms with Gasteiger partial charge in [-0.15, -0.1) is 0 Å². The summed E-state index contributed by atoms with van der Waals surface area (Å²) in [5, 5.41) is 2.73. The minimum Gasteiger partial charge on any atom is -0.454 e. The van der Waals surface area contributed by atoms with Crippen LogP contribution in [0.4, 0.5) is 5.69 Å². The van der Waals surface area contributed by atoms with Crippen LogP contribution in [0.1, 0.15) is 5.56 Å². The number of hydrogen-bond donors (Lipinski definition) is 1. The monoisotopic (exact) mass is 333 g/mol. The molecular formula is C16H15NO5S. The second-order valence-electron chi connectivity index (χ2n) is 5.21. The second-order valence-corrected chi connectivity index (χ2v) is 7.22. The van der Waals surface area contributed by atoms with Crippen molar-refractivity contribution >= 4 is 21.4 Å². The molecule has 7 heteroatoms. The first-order valence-corrected chi connectivity index (χ1v) is 8.79. The number of carbonyl (C=O) groups excluding carboxylic acids is 1. The number of rotatable bonds is 4. The second kappa shape index (κ2) is 5.92. The molecule has 0 atom stereocenters. The molecule has 120 valence electrons. The van der Waals surface area contributed by atoms with Crippen LogP contribution in [0.2, 0.25) is 0 Å². The summed E-state index contributed by atoms with van der Waals surface area (Å²) < 4.78 is 33.3. The summed E-state index contributed by atoms with van der Waals surface area (Å²) >= 11 is 0. The zero-order valence-corrected chi connectivity index (χ0v) is 13.2. The number of nitrogens with one attached hydrogen (secondary N) is 1. The van der Waals surface area contributed by atoms with Gasteiger partial charge in [0.2, 0.25) is 12.7 Å². The smallest absolute Gasteiger partial charge is 0.231 e. The molecule has 0 aliphatic carbocycles. The van der Waals surface area contributed by atoms with Crippen LogP contribution in [0.15, 0.2) is 47.4 Å². The average Bonchev–Trinajstić information content (AvgIpc) is 2.94. The van der Waals surface area contributed by atoms with Crippen molar-refractivity contribution in [1.82, 2.24) is 0 Å². The summed E-state index contributed by atoms with van der Waals surface area (Å²) in [5.41, 5.74) is 1.35. The lowest BCUT2D eigenvalue weighted by atomic mass is 10.1. The van der Waals surface area contributed by atoms with E-state index in [2.05, 4.69) is 5.32 Å². The van der Waals surface area contributed by atoms with Crippen molar-refractivity contribution in [2.75, 3.05) is 18.4 Å². The first-order valence-electron chi connectivity index (χ1n) is 6.90. The zero-order valence-electron chi connectivity index (χ0n) is 12.4. The molecule has 0 saturated carbocycles. The first-order chi connectivity index (χ1) is 10.9. The predicted octanol–water partition coefficient (Wildman–Crippen LogP) is 2.00. The quantitative estimate of drug-likeness (QED) is 0.925. The fraction of sp³-hybridized carbons (Fsp3) is 0.188. The SMILES string of the molecule is CS(=O)(=O)c1ccc(NC(=O)Cc2ccc3c(c2)OCO3)cc1. The van der Waals surface area contributed by atoms with Crippen molar-refractivity contribution in [3.8, 4) is 11.5 Å². The Morgan fingerprint density at radius 3 is 2.48 bits per heavy atom. The van der Waals surface area contributed by atoms with E-state index in [1.165, 1.54) is 12.1 Å². The Labute approximate surface area is 134 Å². The van der Waals surface area contributed by atoms with Crippen molar-refractivity contribution < 1.29 is 22.7 Å². The van der Waals surface area contributed by atoms with E-state index in [-0.39, 0.29) is 24.0 Å². The highest BCUT2D eigenvalue weighted by atomic mass is 32.2. The summed E-state index contributed by atoms with van der Waals surface area (Å²) in [6, 6.07) is 11.4. The Kier molecular flexibility index (Phi) is 3.96.